The van der Waals surface area contributed by atoms with Crippen LogP contribution in [0.15, 0.2) is 12.7 Å². The van der Waals surface area contributed by atoms with Crippen LogP contribution in [-0.4, -0.2) is 31.0 Å². The van der Waals surface area contributed by atoms with Gasteiger partial charge in [-0.3, -0.25) is 0 Å². The highest BCUT2D eigenvalue weighted by atomic mass is 32.2. The molecule has 0 amide bonds. The van der Waals surface area contributed by atoms with E-state index in [1.165, 1.54) is 43.5 Å². The van der Waals surface area contributed by atoms with Crippen LogP contribution < -0.4 is 5.73 Å². The van der Waals surface area contributed by atoms with E-state index in [0.29, 0.717) is 11.3 Å². The fraction of sp³-hybridized carbons (Fsp3) is 0.643. The smallest absolute Gasteiger partial charge is 0.165 e. The Labute approximate surface area is 123 Å². The van der Waals surface area contributed by atoms with Crippen molar-refractivity contribution in [3.63, 3.8) is 0 Å². The van der Waals surface area contributed by atoms with E-state index >= 15 is 0 Å². The predicted molar refractivity (Wildman–Crippen MR) is 83.6 cm³/mol. The summed E-state index contributed by atoms with van der Waals surface area (Å²) in [4.78, 5) is 12.5. The molecule has 0 aromatic carbocycles. The summed E-state index contributed by atoms with van der Waals surface area (Å²) in [6.07, 6.45) is 10.2. The van der Waals surface area contributed by atoms with Gasteiger partial charge in [-0.25, -0.2) is 15.0 Å². The summed E-state index contributed by atoms with van der Waals surface area (Å²) in [5.74, 6) is 3.97. The lowest BCUT2D eigenvalue weighted by atomic mass is 10.1. The second kappa shape index (κ2) is 6.43. The summed E-state index contributed by atoms with van der Waals surface area (Å²) in [6.45, 7) is 0.949. The largest absolute Gasteiger partial charge is 0.382 e. The first-order valence-corrected chi connectivity index (χ1v) is 8.49. The van der Waals surface area contributed by atoms with Crippen molar-refractivity contribution in [1.82, 2.24) is 19.5 Å². The van der Waals surface area contributed by atoms with Gasteiger partial charge in [0.05, 0.1) is 6.33 Å². The van der Waals surface area contributed by atoms with Crippen molar-refractivity contribution in [1.29, 1.82) is 0 Å². The van der Waals surface area contributed by atoms with Gasteiger partial charge >= 0.3 is 0 Å². The van der Waals surface area contributed by atoms with E-state index in [1.807, 2.05) is 6.33 Å². The first-order chi connectivity index (χ1) is 9.84. The molecular formula is C14H21N5S. The van der Waals surface area contributed by atoms with Gasteiger partial charge in [0.15, 0.2) is 11.5 Å². The zero-order valence-corrected chi connectivity index (χ0v) is 12.5. The quantitative estimate of drug-likeness (QED) is 0.829. The van der Waals surface area contributed by atoms with Gasteiger partial charge in [-0.1, -0.05) is 12.8 Å². The first kappa shape index (κ1) is 13.7. The minimum absolute atomic E-state index is 0.462. The van der Waals surface area contributed by atoms with Crippen LogP contribution in [0, 0.1) is 5.92 Å². The highest BCUT2D eigenvalue weighted by Crippen LogP contribution is 2.28. The molecule has 6 heteroatoms. The van der Waals surface area contributed by atoms with E-state index in [2.05, 4.69) is 31.3 Å². The van der Waals surface area contributed by atoms with E-state index in [9.17, 15) is 0 Å². The topological polar surface area (TPSA) is 69.6 Å². The first-order valence-electron chi connectivity index (χ1n) is 7.33. The van der Waals surface area contributed by atoms with E-state index in [-0.39, 0.29) is 0 Å². The lowest BCUT2D eigenvalue weighted by molar-refractivity contribution is 0.622. The molecule has 0 radical (unpaired) electrons. The summed E-state index contributed by atoms with van der Waals surface area (Å²) in [5, 5.41) is 0. The van der Waals surface area contributed by atoms with E-state index in [4.69, 9.17) is 5.73 Å². The molecule has 20 heavy (non-hydrogen) atoms. The lowest BCUT2D eigenvalue weighted by Crippen LogP contribution is -2.02. The number of nitrogen functional groups attached to an aromatic ring is 1. The zero-order valence-electron chi connectivity index (χ0n) is 11.7. The Hall–Kier alpha value is -1.30. The summed E-state index contributed by atoms with van der Waals surface area (Å²) >= 11 is 2.09. The molecule has 0 bridgehead atoms. The third kappa shape index (κ3) is 3.06. The number of nitrogens with two attached hydrogens (primary N) is 1. The van der Waals surface area contributed by atoms with Crippen LogP contribution >= 0.6 is 11.8 Å². The van der Waals surface area contributed by atoms with Crippen LogP contribution in [-0.2, 0) is 6.54 Å². The number of imidazole rings is 1. The molecule has 2 aromatic heterocycles. The number of hydrogen-bond donors (Lipinski definition) is 1. The Balaban J connectivity index is 1.46. The molecule has 0 spiro atoms. The predicted octanol–water partition coefficient (Wildman–Crippen LogP) is 2.72. The van der Waals surface area contributed by atoms with Crippen molar-refractivity contribution in [3.8, 4) is 0 Å². The van der Waals surface area contributed by atoms with Crippen molar-refractivity contribution in [3.05, 3.63) is 12.7 Å². The monoisotopic (exact) mass is 291 g/mol. The Morgan fingerprint density at radius 3 is 2.95 bits per heavy atom. The number of aryl methyl sites for hydroxylation is 1. The lowest BCUT2D eigenvalue weighted by Gasteiger charge is -2.08. The van der Waals surface area contributed by atoms with Crippen molar-refractivity contribution in [2.24, 2.45) is 5.92 Å². The van der Waals surface area contributed by atoms with Gasteiger partial charge in [0.25, 0.3) is 0 Å². The molecule has 0 aliphatic heterocycles. The van der Waals surface area contributed by atoms with Gasteiger partial charge < -0.3 is 10.3 Å². The zero-order chi connectivity index (χ0) is 13.8. The molecule has 3 rings (SSSR count). The number of thioether (sulfide) groups is 1. The number of aromatic nitrogens is 4. The van der Waals surface area contributed by atoms with Crippen molar-refractivity contribution in [2.75, 3.05) is 17.2 Å². The summed E-state index contributed by atoms with van der Waals surface area (Å²) in [6, 6.07) is 0. The third-order valence-electron chi connectivity index (χ3n) is 3.95. The second-order valence-corrected chi connectivity index (χ2v) is 6.60. The van der Waals surface area contributed by atoms with Crippen LogP contribution in [0.5, 0.6) is 0 Å². The molecule has 0 unspecified atom stereocenters. The molecule has 0 saturated heterocycles. The summed E-state index contributed by atoms with van der Waals surface area (Å²) < 4.78 is 2.07. The molecule has 0 atom stereocenters. The molecule has 1 aliphatic rings. The standard InChI is InChI=1S/C14H21N5S/c15-13-12-14(17-9-16-13)19(10-18-12)6-3-7-20-8-11-4-1-2-5-11/h9-11H,1-8H2,(H2,15,16,17). The van der Waals surface area contributed by atoms with Gasteiger partial charge in [0.2, 0.25) is 0 Å². The van der Waals surface area contributed by atoms with Crippen LogP contribution in [0.25, 0.3) is 11.2 Å². The average molecular weight is 291 g/mol. The second-order valence-electron chi connectivity index (χ2n) is 5.45. The highest BCUT2D eigenvalue weighted by Gasteiger charge is 2.14. The van der Waals surface area contributed by atoms with Crippen LogP contribution in [0.2, 0.25) is 0 Å². The molecule has 2 aromatic rings. The number of anilines is 1. The Morgan fingerprint density at radius 2 is 2.10 bits per heavy atom. The van der Waals surface area contributed by atoms with Crippen LogP contribution in [0.4, 0.5) is 5.82 Å². The molecule has 1 aliphatic carbocycles. The minimum atomic E-state index is 0.462. The average Bonchev–Trinajstić information content (AvgIpc) is 3.09. The highest BCUT2D eigenvalue weighted by molar-refractivity contribution is 7.99. The van der Waals surface area contributed by atoms with Gasteiger partial charge in [-0.2, -0.15) is 11.8 Å². The van der Waals surface area contributed by atoms with Crippen molar-refractivity contribution < 1.29 is 0 Å². The normalized spacial score (nSPS) is 16.2. The number of hydrogen-bond acceptors (Lipinski definition) is 5. The van der Waals surface area contributed by atoms with Gasteiger partial charge in [-0.05, 0) is 36.7 Å². The van der Waals surface area contributed by atoms with Gasteiger partial charge in [-0.15, -0.1) is 0 Å². The van der Waals surface area contributed by atoms with Crippen LogP contribution in [0.1, 0.15) is 32.1 Å². The molecule has 5 nitrogen and oxygen atoms in total. The maximum absolute atomic E-state index is 5.78. The molecule has 2 heterocycles. The summed E-state index contributed by atoms with van der Waals surface area (Å²) in [5.41, 5.74) is 7.34. The molecule has 1 fully saturated rings. The van der Waals surface area contributed by atoms with Crippen molar-refractivity contribution in [2.45, 2.75) is 38.6 Å². The number of rotatable bonds is 6. The Morgan fingerprint density at radius 1 is 1.25 bits per heavy atom. The maximum atomic E-state index is 5.78. The third-order valence-corrected chi connectivity index (χ3v) is 5.23. The fourth-order valence-electron chi connectivity index (χ4n) is 2.83. The molecule has 2 N–H and O–H groups in total. The van der Waals surface area contributed by atoms with E-state index in [0.717, 1.165) is 24.5 Å². The van der Waals surface area contributed by atoms with Gasteiger partial charge in [0, 0.05) is 6.54 Å². The van der Waals surface area contributed by atoms with Gasteiger partial charge in [0.1, 0.15) is 11.8 Å². The van der Waals surface area contributed by atoms with Crippen molar-refractivity contribution >= 4 is 28.7 Å². The number of nitrogens with zero attached hydrogens (tertiary/aromatic N) is 4. The summed E-state index contributed by atoms with van der Waals surface area (Å²) in [7, 11) is 0. The van der Waals surface area contributed by atoms with E-state index < -0.39 is 0 Å². The Bertz CT molecular complexity index is 562. The minimum Gasteiger partial charge on any atom is -0.382 e. The van der Waals surface area contributed by atoms with E-state index in [1.54, 1.807) is 0 Å². The SMILES string of the molecule is Nc1ncnc2c1ncn2CCCSCC1CCCC1. The Kier molecular flexibility index (Phi) is 4.40. The fourth-order valence-corrected chi connectivity index (χ4v) is 3.99. The number of fused-ring (bicyclic) bond motifs is 1. The maximum Gasteiger partial charge on any atom is 0.165 e. The molecule has 108 valence electrons. The van der Waals surface area contributed by atoms with Crippen LogP contribution in [0.3, 0.4) is 0 Å². The molecule has 1 saturated carbocycles. The molecular weight excluding hydrogens is 270 g/mol.